The number of carbonyl (C=O) groups excluding carboxylic acids is 1. The topological polar surface area (TPSA) is 42.0 Å². The molecule has 0 saturated carbocycles. The maximum absolute atomic E-state index is 12.3. The SMILES string of the molecule is CCN(CC)c1ccc(C2CN(C(=O)OC(C)(C)C)CCO2)cc1. The molecule has 0 radical (unpaired) electrons. The number of hydrogen-bond acceptors (Lipinski definition) is 4. The summed E-state index contributed by atoms with van der Waals surface area (Å²) >= 11 is 0. The molecule has 1 aromatic rings. The summed E-state index contributed by atoms with van der Waals surface area (Å²) in [6, 6.07) is 8.43. The lowest BCUT2D eigenvalue weighted by atomic mass is 10.1. The molecular weight excluding hydrogens is 304 g/mol. The molecule has 1 saturated heterocycles. The molecule has 5 heteroatoms. The highest BCUT2D eigenvalue weighted by molar-refractivity contribution is 5.68. The molecule has 1 aliphatic rings. The minimum Gasteiger partial charge on any atom is -0.444 e. The number of nitrogens with zero attached hydrogens (tertiary/aromatic N) is 2. The zero-order valence-corrected chi connectivity index (χ0v) is 15.5. The van der Waals surface area contributed by atoms with Crippen molar-refractivity contribution in [2.75, 3.05) is 37.7 Å². The van der Waals surface area contributed by atoms with Gasteiger partial charge in [-0.25, -0.2) is 4.79 Å². The van der Waals surface area contributed by atoms with Crippen LogP contribution in [0.5, 0.6) is 0 Å². The molecule has 1 aliphatic heterocycles. The third kappa shape index (κ3) is 4.87. The Hall–Kier alpha value is -1.75. The first-order chi connectivity index (χ1) is 11.3. The summed E-state index contributed by atoms with van der Waals surface area (Å²) in [7, 11) is 0. The highest BCUT2D eigenvalue weighted by Gasteiger charge is 2.28. The largest absolute Gasteiger partial charge is 0.444 e. The Kier molecular flexibility index (Phi) is 6.10. The molecule has 24 heavy (non-hydrogen) atoms. The molecule has 5 nitrogen and oxygen atoms in total. The average Bonchev–Trinajstić information content (AvgIpc) is 2.55. The van der Waals surface area contributed by atoms with Crippen LogP contribution in [-0.4, -0.2) is 49.4 Å². The summed E-state index contributed by atoms with van der Waals surface area (Å²) in [5, 5.41) is 0. The van der Waals surface area contributed by atoms with Crippen LogP contribution in [-0.2, 0) is 9.47 Å². The number of morpholine rings is 1. The molecular formula is C19H30N2O3. The fraction of sp³-hybridized carbons (Fsp3) is 0.632. The average molecular weight is 334 g/mol. The first-order valence-electron chi connectivity index (χ1n) is 8.78. The maximum Gasteiger partial charge on any atom is 0.410 e. The standard InChI is InChI=1S/C19H30N2O3/c1-6-20(7-2)16-10-8-15(9-11-16)17-14-21(12-13-23-17)18(22)24-19(3,4)5/h8-11,17H,6-7,12-14H2,1-5H3. The Labute approximate surface area is 145 Å². The lowest BCUT2D eigenvalue weighted by molar-refractivity contribution is -0.0432. The molecule has 0 N–H and O–H groups in total. The Morgan fingerprint density at radius 3 is 2.42 bits per heavy atom. The fourth-order valence-electron chi connectivity index (χ4n) is 2.83. The Bertz CT molecular complexity index is 533. The van der Waals surface area contributed by atoms with Gasteiger partial charge in [-0.3, -0.25) is 0 Å². The minimum absolute atomic E-state index is 0.1000. The summed E-state index contributed by atoms with van der Waals surface area (Å²) in [4.78, 5) is 16.3. The van der Waals surface area contributed by atoms with Crippen molar-refractivity contribution in [3.63, 3.8) is 0 Å². The molecule has 0 aliphatic carbocycles. The van der Waals surface area contributed by atoms with Crippen molar-refractivity contribution in [1.82, 2.24) is 4.90 Å². The molecule has 2 rings (SSSR count). The highest BCUT2D eigenvalue weighted by atomic mass is 16.6. The Morgan fingerprint density at radius 1 is 1.25 bits per heavy atom. The fourth-order valence-corrected chi connectivity index (χ4v) is 2.83. The van der Waals surface area contributed by atoms with Crippen molar-refractivity contribution < 1.29 is 14.3 Å². The third-order valence-corrected chi connectivity index (χ3v) is 4.11. The van der Waals surface area contributed by atoms with Crippen LogP contribution in [0, 0.1) is 0 Å². The summed E-state index contributed by atoms with van der Waals surface area (Å²) < 4.78 is 11.3. The van der Waals surface area contributed by atoms with Crippen molar-refractivity contribution in [1.29, 1.82) is 0 Å². The monoisotopic (exact) mass is 334 g/mol. The van der Waals surface area contributed by atoms with Crippen LogP contribution in [0.4, 0.5) is 10.5 Å². The number of benzene rings is 1. The van der Waals surface area contributed by atoms with Crippen molar-refractivity contribution in [2.45, 2.75) is 46.3 Å². The van der Waals surface area contributed by atoms with E-state index in [1.807, 2.05) is 20.8 Å². The number of ether oxygens (including phenoxy) is 2. The third-order valence-electron chi connectivity index (χ3n) is 4.11. The lowest BCUT2D eigenvalue weighted by Gasteiger charge is -2.34. The number of anilines is 1. The molecule has 134 valence electrons. The van der Waals surface area contributed by atoms with Crippen LogP contribution in [0.3, 0.4) is 0 Å². The molecule has 1 aromatic carbocycles. The first kappa shape index (κ1) is 18.6. The van der Waals surface area contributed by atoms with E-state index in [-0.39, 0.29) is 12.2 Å². The van der Waals surface area contributed by atoms with E-state index in [1.54, 1.807) is 4.90 Å². The van der Waals surface area contributed by atoms with Gasteiger partial charge < -0.3 is 19.3 Å². The summed E-state index contributed by atoms with van der Waals surface area (Å²) in [6.07, 6.45) is -0.368. The Balaban J connectivity index is 2.03. The molecule has 0 aromatic heterocycles. The van der Waals surface area contributed by atoms with Crippen LogP contribution in [0.15, 0.2) is 24.3 Å². The number of rotatable bonds is 4. The minimum atomic E-state index is -0.476. The van der Waals surface area contributed by atoms with Gasteiger partial charge in [-0.2, -0.15) is 0 Å². The first-order valence-corrected chi connectivity index (χ1v) is 8.78. The molecule has 0 spiro atoms. The van der Waals surface area contributed by atoms with Crippen LogP contribution >= 0.6 is 0 Å². The predicted octanol–water partition coefficient (Wildman–Crippen LogP) is 3.84. The molecule has 1 heterocycles. The van der Waals surface area contributed by atoms with Crippen LogP contribution in [0.1, 0.15) is 46.3 Å². The second-order valence-corrected chi connectivity index (χ2v) is 7.05. The lowest BCUT2D eigenvalue weighted by Crippen LogP contribution is -2.44. The molecule has 1 amide bonds. The summed E-state index contributed by atoms with van der Waals surface area (Å²) in [6.45, 7) is 13.6. The van der Waals surface area contributed by atoms with Crippen molar-refractivity contribution in [3.05, 3.63) is 29.8 Å². The van der Waals surface area contributed by atoms with E-state index < -0.39 is 5.60 Å². The van der Waals surface area contributed by atoms with Crippen molar-refractivity contribution >= 4 is 11.8 Å². The van der Waals surface area contributed by atoms with Crippen LogP contribution in [0.2, 0.25) is 0 Å². The molecule has 1 fully saturated rings. The maximum atomic E-state index is 12.3. The van der Waals surface area contributed by atoms with E-state index in [0.717, 1.165) is 18.7 Å². The zero-order chi connectivity index (χ0) is 17.7. The highest BCUT2D eigenvalue weighted by Crippen LogP contribution is 2.25. The second kappa shape index (κ2) is 7.88. The van der Waals surface area contributed by atoms with E-state index in [0.29, 0.717) is 19.7 Å². The molecule has 0 bridgehead atoms. The number of carbonyl (C=O) groups is 1. The van der Waals surface area contributed by atoms with Gasteiger partial charge in [-0.05, 0) is 52.3 Å². The van der Waals surface area contributed by atoms with Crippen LogP contribution in [0.25, 0.3) is 0 Å². The van der Waals surface area contributed by atoms with E-state index in [2.05, 4.69) is 43.0 Å². The smallest absolute Gasteiger partial charge is 0.410 e. The van der Waals surface area contributed by atoms with E-state index in [4.69, 9.17) is 9.47 Å². The van der Waals surface area contributed by atoms with Crippen molar-refractivity contribution in [2.24, 2.45) is 0 Å². The number of hydrogen-bond donors (Lipinski definition) is 0. The van der Waals surface area contributed by atoms with E-state index >= 15 is 0 Å². The second-order valence-electron chi connectivity index (χ2n) is 7.05. The van der Waals surface area contributed by atoms with E-state index in [9.17, 15) is 4.79 Å². The van der Waals surface area contributed by atoms with Gasteiger partial charge in [0, 0.05) is 25.3 Å². The summed E-state index contributed by atoms with van der Waals surface area (Å²) in [5.41, 5.74) is 1.83. The van der Waals surface area contributed by atoms with Crippen LogP contribution < -0.4 is 4.90 Å². The number of amides is 1. The zero-order valence-electron chi connectivity index (χ0n) is 15.5. The van der Waals surface area contributed by atoms with Gasteiger partial charge in [0.05, 0.1) is 13.2 Å². The van der Waals surface area contributed by atoms with E-state index in [1.165, 1.54) is 5.69 Å². The Morgan fingerprint density at radius 2 is 1.88 bits per heavy atom. The molecule has 1 unspecified atom stereocenters. The summed E-state index contributed by atoms with van der Waals surface area (Å²) in [5.74, 6) is 0. The van der Waals surface area contributed by atoms with Gasteiger partial charge in [-0.1, -0.05) is 12.1 Å². The van der Waals surface area contributed by atoms with Gasteiger partial charge in [0.25, 0.3) is 0 Å². The van der Waals surface area contributed by atoms with Gasteiger partial charge in [0.1, 0.15) is 11.7 Å². The quantitative estimate of drug-likeness (QED) is 0.839. The van der Waals surface area contributed by atoms with Gasteiger partial charge >= 0.3 is 6.09 Å². The predicted molar refractivity (Wildman–Crippen MR) is 96.5 cm³/mol. The van der Waals surface area contributed by atoms with Gasteiger partial charge in [0.15, 0.2) is 0 Å². The molecule has 1 atom stereocenters. The van der Waals surface area contributed by atoms with Crippen molar-refractivity contribution in [3.8, 4) is 0 Å². The van der Waals surface area contributed by atoms with Gasteiger partial charge in [0.2, 0.25) is 0 Å². The van der Waals surface area contributed by atoms with Gasteiger partial charge in [-0.15, -0.1) is 0 Å². The normalized spacial score (nSPS) is 18.4.